The molecule has 2 aromatic rings. The Morgan fingerprint density at radius 1 is 1.08 bits per heavy atom. The van der Waals surface area contributed by atoms with Crippen molar-refractivity contribution in [3.8, 4) is 17.4 Å². The second kappa shape index (κ2) is 5.43. The van der Waals surface area contributed by atoms with Crippen molar-refractivity contribution >= 4 is 5.69 Å². The molecule has 0 amide bonds. The zero-order chi connectivity index (χ0) is 17.6. The van der Waals surface area contributed by atoms with E-state index >= 15 is 0 Å². The van der Waals surface area contributed by atoms with Crippen molar-refractivity contribution in [2.45, 2.75) is 31.9 Å². The van der Waals surface area contributed by atoms with Gasteiger partial charge in [-0.2, -0.15) is 13.2 Å². The molecule has 9 heteroatoms. The van der Waals surface area contributed by atoms with E-state index in [-0.39, 0.29) is 17.4 Å². The molecule has 0 bridgehead atoms. The number of nitro groups is 1. The third-order valence-electron chi connectivity index (χ3n) is 4.17. The number of nitro benzene ring substituents is 1. The first-order valence-electron chi connectivity index (χ1n) is 7.22. The van der Waals surface area contributed by atoms with Crippen molar-refractivity contribution in [1.82, 2.24) is 4.57 Å². The summed E-state index contributed by atoms with van der Waals surface area (Å²) in [6.07, 6.45) is -2.30. The normalized spacial score (nSPS) is 14.5. The van der Waals surface area contributed by atoms with E-state index in [0.29, 0.717) is 30.0 Å². The molecule has 0 radical (unpaired) electrons. The number of benzene rings is 1. The summed E-state index contributed by atoms with van der Waals surface area (Å²) in [5, 5.41) is 31.3. The van der Waals surface area contributed by atoms with E-state index in [1.165, 1.54) is 0 Å². The summed E-state index contributed by atoms with van der Waals surface area (Å²) < 4.78 is 40.2. The summed E-state index contributed by atoms with van der Waals surface area (Å²) in [6, 6.07) is 2.34. The van der Waals surface area contributed by atoms with Crippen LogP contribution in [0.15, 0.2) is 18.2 Å². The lowest BCUT2D eigenvalue weighted by Gasteiger charge is -2.12. The van der Waals surface area contributed by atoms with Crippen molar-refractivity contribution in [2.24, 2.45) is 0 Å². The maximum Gasteiger partial charge on any atom is 0.423 e. The van der Waals surface area contributed by atoms with Crippen LogP contribution >= 0.6 is 0 Å². The highest BCUT2D eigenvalue weighted by Crippen LogP contribution is 2.43. The van der Waals surface area contributed by atoms with Crippen LogP contribution in [0.4, 0.5) is 18.9 Å². The van der Waals surface area contributed by atoms with Gasteiger partial charge in [0.25, 0.3) is 5.69 Å². The molecular weight excluding hydrogens is 329 g/mol. The quantitative estimate of drug-likeness (QED) is 0.643. The maximum absolute atomic E-state index is 13.1. The molecule has 0 fully saturated rings. The highest BCUT2D eigenvalue weighted by molar-refractivity contribution is 5.57. The van der Waals surface area contributed by atoms with Crippen LogP contribution in [0.5, 0.6) is 11.8 Å². The van der Waals surface area contributed by atoms with Crippen LogP contribution in [-0.4, -0.2) is 19.7 Å². The maximum atomic E-state index is 13.1. The summed E-state index contributed by atoms with van der Waals surface area (Å²) in [5.41, 5.74) is -1.69. The number of hydrogen-bond donors (Lipinski definition) is 2. The zero-order valence-corrected chi connectivity index (χ0v) is 12.3. The van der Waals surface area contributed by atoms with Gasteiger partial charge in [-0.3, -0.25) is 14.7 Å². The molecular formula is C15H13F3N2O4. The Balaban J connectivity index is 2.21. The van der Waals surface area contributed by atoms with E-state index < -0.39 is 22.4 Å². The molecule has 0 spiro atoms. The lowest BCUT2D eigenvalue weighted by atomic mass is 9.95. The predicted molar refractivity (Wildman–Crippen MR) is 77.4 cm³/mol. The Morgan fingerprint density at radius 2 is 1.62 bits per heavy atom. The van der Waals surface area contributed by atoms with Gasteiger partial charge in [0.05, 0.1) is 10.6 Å². The highest BCUT2D eigenvalue weighted by Gasteiger charge is 2.39. The van der Waals surface area contributed by atoms with Gasteiger partial charge in [0.1, 0.15) is 5.56 Å². The smallest absolute Gasteiger partial charge is 0.423 e. The van der Waals surface area contributed by atoms with Gasteiger partial charge < -0.3 is 10.2 Å². The average Bonchev–Trinajstić information content (AvgIpc) is 2.78. The Hall–Kier alpha value is -2.71. The van der Waals surface area contributed by atoms with Crippen LogP contribution in [0, 0.1) is 10.1 Å². The number of fused-ring (bicyclic) bond motifs is 1. The molecule has 3 rings (SSSR count). The van der Waals surface area contributed by atoms with Gasteiger partial charge in [-0.05, 0) is 37.8 Å². The summed E-state index contributed by atoms with van der Waals surface area (Å²) in [6.45, 7) is 0. The molecule has 0 unspecified atom stereocenters. The molecule has 0 atom stereocenters. The van der Waals surface area contributed by atoms with Crippen LogP contribution < -0.4 is 0 Å². The Labute approximate surface area is 133 Å². The number of rotatable bonds is 2. The Morgan fingerprint density at radius 3 is 2.08 bits per heavy atom. The van der Waals surface area contributed by atoms with Crippen LogP contribution in [-0.2, 0) is 19.0 Å². The fourth-order valence-corrected chi connectivity index (χ4v) is 3.06. The second-order valence-corrected chi connectivity index (χ2v) is 5.60. The van der Waals surface area contributed by atoms with Crippen LogP contribution in [0.1, 0.15) is 29.5 Å². The van der Waals surface area contributed by atoms with Crippen molar-refractivity contribution < 1.29 is 28.3 Å². The van der Waals surface area contributed by atoms with E-state index in [9.17, 15) is 33.5 Å². The van der Waals surface area contributed by atoms with E-state index in [1.54, 1.807) is 0 Å². The van der Waals surface area contributed by atoms with Gasteiger partial charge in [0.15, 0.2) is 0 Å². The molecule has 1 heterocycles. The van der Waals surface area contributed by atoms with Crippen molar-refractivity contribution in [3.63, 3.8) is 0 Å². The molecule has 1 aromatic carbocycles. The monoisotopic (exact) mass is 342 g/mol. The molecule has 0 aliphatic heterocycles. The first-order valence-corrected chi connectivity index (χ1v) is 7.22. The number of alkyl halides is 3. The largest absolute Gasteiger partial charge is 0.494 e. The summed E-state index contributed by atoms with van der Waals surface area (Å²) in [7, 11) is 0. The topological polar surface area (TPSA) is 88.5 Å². The lowest BCUT2D eigenvalue weighted by Crippen LogP contribution is -2.10. The molecule has 1 aliphatic carbocycles. The highest BCUT2D eigenvalue weighted by atomic mass is 19.4. The van der Waals surface area contributed by atoms with Crippen molar-refractivity contribution in [3.05, 3.63) is 45.0 Å². The minimum absolute atomic E-state index is 0.183. The van der Waals surface area contributed by atoms with E-state index in [1.807, 2.05) is 0 Å². The fraction of sp³-hybridized carbons (Fsp3) is 0.333. The standard InChI is InChI=1S/C15H13F3N2O4/c16-15(17,18)11-7-8(5-6-12(11)20(23)24)19-13(21)9-3-1-2-4-10(9)14(19)22/h5-7,21-22H,1-4H2. The van der Waals surface area contributed by atoms with Crippen molar-refractivity contribution in [2.75, 3.05) is 0 Å². The molecule has 2 N–H and O–H groups in total. The van der Waals surface area contributed by atoms with E-state index in [0.717, 1.165) is 29.5 Å². The van der Waals surface area contributed by atoms with Gasteiger partial charge in [-0.25, -0.2) is 0 Å². The number of hydrogen-bond acceptors (Lipinski definition) is 4. The third-order valence-corrected chi connectivity index (χ3v) is 4.17. The fourth-order valence-electron chi connectivity index (χ4n) is 3.06. The third kappa shape index (κ3) is 2.45. The van der Waals surface area contributed by atoms with Crippen LogP contribution in [0.3, 0.4) is 0 Å². The molecule has 1 aromatic heterocycles. The summed E-state index contributed by atoms with van der Waals surface area (Å²) >= 11 is 0. The van der Waals surface area contributed by atoms with Gasteiger partial charge in [-0.15, -0.1) is 0 Å². The average molecular weight is 342 g/mol. The molecule has 128 valence electrons. The predicted octanol–water partition coefficient (Wildman–Crippen LogP) is 3.69. The van der Waals surface area contributed by atoms with E-state index in [2.05, 4.69) is 0 Å². The van der Waals surface area contributed by atoms with Gasteiger partial charge in [-0.1, -0.05) is 0 Å². The number of halogens is 3. The van der Waals surface area contributed by atoms with Crippen molar-refractivity contribution in [1.29, 1.82) is 0 Å². The molecule has 6 nitrogen and oxygen atoms in total. The number of aromatic hydroxyl groups is 2. The minimum atomic E-state index is -4.93. The van der Waals surface area contributed by atoms with Crippen LogP contribution in [0.2, 0.25) is 0 Å². The Kier molecular flexibility index (Phi) is 3.66. The molecule has 0 saturated carbocycles. The minimum Gasteiger partial charge on any atom is -0.494 e. The summed E-state index contributed by atoms with van der Waals surface area (Å²) in [5.74, 6) is -0.659. The SMILES string of the molecule is O=[N+]([O-])c1ccc(-n2c(O)c3c(c2O)CCCC3)cc1C(F)(F)F. The van der Waals surface area contributed by atoms with Gasteiger partial charge in [0, 0.05) is 17.2 Å². The van der Waals surface area contributed by atoms with Crippen LogP contribution in [0.25, 0.3) is 5.69 Å². The van der Waals surface area contributed by atoms with E-state index in [4.69, 9.17) is 0 Å². The molecule has 0 saturated heterocycles. The second-order valence-electron chi connectivity index (χ2n) is 5.60. The number of nitrogens with zero attached hydrogens (tertiary/aromatic N) is 2. The Bertz CT molecular complexity index is 798. The van der Waals surface area contributed by atoms with Gasteiger partial charge in [0.2, 0.25) is 11.8 Å². The molecule has 1 aliphatic rings. The number of aromatic nitrogens is 1. The summed E-state index contributed by atoms with van der Waals surface area (Å²) in [4.78, 5) is 9.69. The zero-order valence-electron chi connectivity index (χ0n) is 12.3. The molecule has 24 heavy (non-hydrogen) atoms. The first-order chi connectivity index (χ1) is 11.2. The van der Waals surface area contributed by atoms with Gasteiger partial charge >= 0.3 is 6.18 Å². The first kappa shape index (κ1) is 16.2. The lowest BCUT2D eigenvalue weighted by molar-refractivity contribution is -0.388.